The molecule has 6 aromatic rings. The quantitative estimate of drug-likeness (QED) is 0.350. The summed E-state index contributed by atoms with van der Waals surface area (Å²) < 4.78 is 4.91. The minimum Gasteiger partial charge on any atom is -0.344 e. The van der Waals surface area contributed by atoms with Gasteiger partial charge in [0.25, 0.3) is 11.5 Å². The van der Waals surface area contributed by atoms with Crippen molar-refractivity contribution in [2.24, 2.45) is 7.05 Å². The van der Waals surface area contributed by atoms with Gasteiger partial charge in [-0.25, -0.2) is 9.50 Å². The van der Waals surface area contributed by atoms with Crippen LogP contribution in [0.1, 0.15) is 45.8 Å². The summed E-state index contributed by atoms with van der Waals surface area (Å²) in [5.74, 6) is 5.95. The number of aryl methyl sites for hydroxylation is 2. The lowest BCUT2D eigenvalue weighted by Gasteiger charge is -2.21. The molecule has 0 saturated heterocycles. The Balaban J connectivity index is 1.48. The minimum absolute atomic E-state index is 0.218. The standard InChI is InChI=1S/C31H25N7O2/c1-20(34-30(39)27-21(2)35-37-16-8-15-32-29(27)37)26-17-24-10-7-9-23(14-13-22-18-33-36(3)19-22)28(24)31(40)38(26)25-11-5-4-6-12-25/h4-12,15-20H,1-3H3,(H,34,39)/t20-/m1/s1. The summed E-state index contributed by atoms with van der Waals surface area (Å²) in [5.41, 5.74) is 3.92. The van der Waals surface area contributed by atoms with Crippen LogP contribution in [0, 0.1) is 18.8 Å². The maximum absolute atomic E-state index is 14.2. The Kier molecular flexibility index (Phi) is 6.21. The van der Waals surface area contributed by atoms with Gasteiger partial charge in [-0.1, -0.05) is 42.2 Å². The lowest BCUT2D eigenvalue weighted by Crippen LogP contribution is -2.32. The number of rotatable bonds is 4. The van der Waals surface area contributed by atoms with Crippen LogP contribution in [0.2, 0.25) is 0 Å². The molecule has 0 spiro atoms. The van der Waals surface area contributed by atoms with E-state index in [2.05, 4.69) is 32.3 Å². The Labute approximate surface area is 229 Å². The van der Waals surface area contributed by atoms with Crippen LogP contribution in [0.4, 0.5) is 0 Å². The van der Waals surface area contributed by atoms with Gasteiger partial charge in [0.05, 0.1) is 28.9 Å². The van der Waals surface area contributed by atoms with Gasteiger partial charge in [-0.3, -0.25) is 18.8 Å². The van der Waals surface area contributed by atoms with Gasteiger partial charge in [-0.05, 0) is 49.6 Å². The normalized spacial score (nSPS) is 11.8. The maximum atomic E-state index is 14.2. The number of hydrogen-bond donors (Lipinski definition) is 1. The zero-order chi connectivity index (χ0) is 27.8. The number of aromatic nitrogens is 6. The van der Waals surface area contributed by atoms with Crippen LogP contribution in [0.5, 0.6) is 0 Å². The van der Waals surface area contributed by atoms with Crippen molar-refractivity contribution in [2.75, 3.05) is 0 Å². The van der Waals surface area contributed by atoms with Gasteiger partial charge in [0, 0.05) is 42.6 Å². The molecule has 0 unspecified atom stereocenters. The van der Waals surface area contributed by atoms with E-state index in [4.69, 9.17) is 0 Å². The number of nitrogens with one attached hydrogen (secondary N) is 1. The molecule has 0 bridgehead atoms. The third-order valence-corrected chi connectivity index (χ3v) is 6.72. The number of hydrogen-bond acceptors (Lipinski definition) is 5. The Morgan fingerprint density at radius 1 is 1.05 bits per heavy atom. The van der Waals surface area contributed by atoms with Crippen molar-refractivity contribution in [1.29, 1.82) is 0 Å². The Hall–Kier alpha value is -5.49. The molecule has 0 radical (unpaired) electrons. The number of pyridine rings is 1. The third kappa shape index (κ3) is 4.41. The van der Waals surface area contributed by atoms with Crippen LogP contribution < -0.4 is 10.9 Å². The second-order valence-corrected chi connectivity index (χ2v) is 9.51. The smallest absolute Gasteiger partial charge is 0.264 e. The molecule has 4 heterocycles. The molecule has 6 rings (SSSR count). The molecule has 9 heteroatoms. The minimum atomic E-state index is -0.520. The van der Waals surface area contributed by atoms with Crippen molar-refractivity contribution in [3.05, 3.63) is 124 Å². The average molecular weight is 528 g/mol. The largest absolute Gasteiger partial charge is 0.344 e. The van der Waals surface area contributed by atoms with E-state index in [1.807, 2.05) is 74.8 Å². The van der Waals surface area contributed by atoms with Crippen molar-refractivity contribution >= 4 is 22.3 Å². The molecule has 196 valence electrons. The number of benzene rings is 2. The van der Waals surface area contributed by atoms with Crippen LogP contribution in [-0.2, 0) is 7.05 Å². The highest BCUT2D eigenvalue weighted by molar-refractivity contribution is 6.01. The zero-order valence-electron chi connectivity index (χ0n) is 22.2. The van der Waals surface area contributed by atoms with E-state index in [0.717, 1.165) is 10.9 Å². The van der Waals surface area contributed by atoms with E-state index in [-0.39, 0.29) is 11.5 Å². The van der Waals surface area contributed by atoms with E-state index in [0.29, 0.717) is 39.2 Å². The first-order valence-electron chi connectivity index (χ1n) is 12.8. The maximum Gasteiger partial charge on any atom is 0.264 e. The third-order valence-electron chi connectivity index (χ3n) is 6.72. The van der Waals surface area contributed by atoms with Gasteiger partial charge in [0.2, 0.25) is 0 Å². The van der Waals surface area contributed by atoms with Crippen LogP contribution in [0.25, 0.3) is 22.1 Å². The predicted molar refractivity (Wildman–Crippen MR) is 152 cm³/mol. The van der Waals surface area contributed by atoms with E-state index >= 15 is 0 Å². The van der Waals surface area contributed by atoms with Crippen LogP contribution in [0.3, 0.4) is 0 Å². The number of carbonyl (C=O) groups excluding carboxylic acids is 1. The second-order valence-electron chi connectivity index (χ2n) is 9.51. The highest BCUT2D eigenvalue weighted by Crippen LogP contribution is 2.24. The van der Waals surface area contributed by atoms with Crippen LogP contribution >= 0.6 is 0 Å². The summed E-state index contributed by atoms with van der Waals surface area (Å²) in [6.45, 7) is 3.64. The fraction of sp³-hybridized carbons (Fsp3) is 0.129. The number of nitrogens with zero attached hydrogens (tertiary/aromatic N) is 6. The van der Waals surface area contributed by atoms with Crippen molar-refractivity contribution < 1.29 is 4.79 Å². The van der Waals surface area contributed by atoms with E-state index in [9.17, 15) is 9.59 Å². The summed E-state index contributed by atoms with van der Waals surface area (Å²) in [6.07, 6.45) is 6.89. The van der Waals surface area contributed by atoms with Crippen LogP contribution in [-0.4, -0.2) is 34.9 Å². The molecule has 2 aromatic carbocycles. The number of fused-ring (bicyclic) bond motifs is 2. The molecule has 0 aliphatic heterocycles. The van der Waals surface area contributed by atoms with Gasteiger partial charge in [-0.15, -0.1) is 0 Å². The molecule has 1 amide bonds. The Morgan fingerprint density at radius 2 is 1.88 bits per heavy atom. The van der Waals surface area contributed by atoms with Gasteiger partial charge in [0.1, 0.15) is 5.56 Å². The molecular formula is C31H25N7O2. The highest BCUT2D eigenvalue weighted by atomic mass is 16.2. The van der Waals surface area contributed by atoms with Gasteiger partial charge >= 0.3 is 0 Å². The van der Waals surface area contributed by atoms with Gasteiger partial charge in [0.15, 0.2) is 5.65 Å². The second kappa shape index (κ2) is 10.0. The van der Waals surface area contributed by atoms with Crippen LogP contribution in [0.15, 0.2) is 90.2 Å². The molecule has 0 aliphatic carbocycles. The Bertz CT molecular complexity index is 2020. The molecule has 1 N–H and O–H groups in total. The molecular weight excluding hydrogens is 502 g/mol. The summed E-state index contributed by atoms with van der Waals surface area (Å²) in [7, 11) is 1.83. The van der Waals surface area contributed by atoms with Gasteiger partial charge < -0.3 is 5.32 Å². The summed E-state index contributed by atoms with van der Waals surface area (Å²) in [5, 5.41) is 12.9. The van der Waals surface area contributed by atoms with E-state index in [1.165, 1.54) is 0 Å². The van der Waals surface area contributed by atoms with Crippen molar-refractivity contribution in [2.45, 2.75) is 19.9 Å². The monoisotopic (exact) mass is 527 g/mol. The fourth-order valence-electron chi connectivity index (χ4n) is 4.88. The van der Waals surface area contributed by atoms with Crippen molar-refractivity contribution in [3.63, 3.8) is 0 Å². The lowest BCUT2D eigenvalue weighted by atomic mass is 10.0. The number of para-hydroxylation sites is 1. The van der Waals surface area contributed by atoms with Crippen molar-refractivity contribution in [3.8, 4) is 17.5 Å². The first kappa shape index (κ1) is 24.8. The zero-order valence-corrected chi connectivity index (χ0v) is 22.2. The molecule has 0 fully saturated rings. The molecule has 0 aliphatic rings. The SMILES string of the molecule is Cc1nn2cccnc2c1C(=O)N[C@H](C)c1cc2cccc(C#Cc3cnn(C)c3)c2c(=O)n1-c1ccccc1. The van der Waals surface area contributed by atoms with E-state index in [1.54, 1.807) is 45.3 Å². The fourth-order valence-corrected chi connectivity index (χ4v) is 4.88. The average Bonchev–Trinajstić information content (AvgIpc) is 3.53. The summed E-state index contributed by atoms with van der Waals surface area (Å²) >= 11 is 0. The molecule has 40 heavy (non-hydrogen) atoms. The summed E-state index contributed by atoms with van der Waals surface area (Å²) in [6, 6.07) is 18.2. The molecule has 9 nitrogen and oxygen atoms in total. The molecule has 1 atom stereocenters. The van der Waals surface area contributed by atoms with Crippen molar-refractivity contribution in [1.82, 2.24) is 34.3 Å². The van der Waals surface area contributed by atoms with Gasteiger partial charge in [-0.2, -0.15) is 10.2 Å². The number of carbonyl (C=O) groups is 1. The predicted octanol–water partition coefficient (Wildman–Crippen LogP) is 3.97. The first-order valence-corrected chi connectivity index (χ1v) is 12.8. The topological polar surface area (TPSA) is 99.1 Å². The molecule has 0 saturated carbocycles. The molecule has 4 aromatic heterocycles. The van der Waals surface area contributed by atoms with E-state index < -0.39 is 6.04 Å². The number of amides is 1. The summed E-state index contributed by atoms with van der Waals surface area (Å²) in [4.78, 5) is 32.0. The lowest BCUT2D eigenvalue weighted by molar-refractivity contribution is 0.0939. The Morgan fingerprint density at radius 3 is 2.65 bits per heavy atom. The highest BCUT2D eigenvalue weighted by Gasteiger charge is 2.23. The first-order chi connectivity index (χ1) is 19.4.